The Morgan fingerprint density at radius 2 is 2.27 bits per heavy atom. The largest absolute Gasteiger partial charge is 0.477 e. The summed E-state index contributed by atoms with van der Waals surface area (Å²) < 4.78 is 5.58. The third kappa shape index (κ3) is 3.33. The van der Waals surface area contributed by atoms with E-state index in [1.165, 1.54) is 41.4 Å². The number of carboxylic acids is 1. The number of ether oxygens (including phenoxy) is 1. The first-order valence-electron chi connectivity index (χ1n) is 8.19. The number of hydrogen-bond acceptors (Lipinski definition) is 7. The van der Waals surface area contributed by atoms with Crippen LogP contribution < -0.4 is 0 Å². The van der Waals surface area contributed by atoms with Crippen LogP contribution in [0.4, 0.5) is 4.79 Å². The van der Waals surface area contributed by atoms with E-state index in [9.17, 15) is 24.6 Å². The van der Waals surface area contributed by atoms with Gasteiger partial charge in [-0.15, -0.1) is 11.8 Å². The highest BCUT2D eigenvalue weighted by atomic mass is 32.2. The van der Waals surface area contributed by atoms with Crippen molar-refractivity contribution in [3.8, 4) is 0 Å². The average Bonchev–Trinajstić information content (AvgIpc) is 3.15. The minimum atomic E-state index is -1.15. The topological polar surface area (TPSA) is 107 Å². The van der Waals surface area contributed by atoms with E-state index in [-0.39, 0.29) is 28.8 Å². The van der Waals surface area contributed by atoms with Gasteiger partial charge in [0.1, 0.15) is 12.0 Å². The molecule has 2 saturated heterocycles. The number of nitrogens with zero attached hydrogens (tertiary/aromatic N) is 2. The fraction of sp³-hybridized carbons (Fsp3) is 0.562. The summed E-state index contributed by atoms with van der Waals surface area (Å²) in [5.41, 5.74) is -0.0143. The molecule has 0 radical (unpaired) electrons. The molecule has 2 N–H and O–H groups in total. The normalized spacial score (nSPS) is 28.7. The van der Waals surface area contributed by atoms with Crippen LogP contribution in [-0.2, 0) is 14.3 Å². The molecule has 4 atom stereocenters. The van der Waals surface area contributed by atoms with Crippen molar-refractivity contribution in [3.63, 3.8) is 0 Å². The quantitative estimate of drug-likeness (QED) is 0.507. The molecule has 0 aromatic rings. The number of amides is 2. The lowest BCUT2D eigenvalue weighted by atomic mass is 9.92. The Balaban J connectivity index is 1.66. The Labute approximate surface area is 159 Å². The molecule has 26 heavy (non-hydrogen) atoms. The maximum absolute atomic E-state index is 12.2. The van der Waals surface area contributed by atoms with Crippen LogP contribution >= 0.6 is 23.5 Å². The number of carbonyl (C=O) groups is 3. The molecule has 3 aliphatic rings. The van der Waals surface area contributed by atoms with E-state index in [0.717, 1.165) is 0 Å². The number of fused-ring (bicyclic) bond motifs is 1. The number of aliphatic hydroxyl groups excluding tert-OH is 1. The molecule has 10 heteroatoms. The van der Waals surface area contributed by atoms with Gasteiger partial charge in [0.05, 0.1) is 16.3 Å². The van der Waals surface area contributed by atoms with Gasteiger partial charge in [-0.05, 0) is 13.3 Å². The summed E-state index contributed by atoms with van der Waals surface area (Å²) in [4.78, 5) is 38.6. The van der Waals surface area contributed by atoms with Gasteiger partial charge in [-0.3, -0.25) is 9.69 Å². The summed E-state index contributed by atoms with van der Waals surface area (Å²) in [6.45, 7) is 6.18. The zero-order valence-electron chi connectivity index (χ0n) is 14.2. The number of thioether (sulfide) groups is 2. The van der Waals surface area contributed by atoms with Crippen LogP contribution in [0.25, 0.3) is 0 Å². The maximum Gasteiger partial charge on any atom is 0.410 e. The lowest BCUT2D eigenvalue weighted by Gasteiger charge is -2.43. The van der Waals surface area contributed by atoms with E-state index in [1.807, 2.05) is 0 Å². The number of carbonyl (C=O) groups excluding carboxylic acids is 2. The van der Waals surface area contributed by atoms with E-state index < -0.39 is 24.1 Å². The van der Waals surface area contributed by atoms with Gasteiger partial charge in [-0.2, -0.15) is 0 Å². The number of β-lactam (4-membered cyclic amide) rings is 1. The Hall–Kier alpha value is -1.65. The number of carboxylic acid groups (broad SMARTS) is 1. The van der Waals surface area contributed by atoms with Crippen LogP contribution in [0.15, 0.2) is 22.6 Å². The highest BCUT2D eigenvalue weighted by molar-refractivity contribution is 8.23. The molecule has 0 aromatic carbocycles. The number of hydrogen-bond donors (Lipinski definition) is 2. The van der Waals surface area contributed by atoms with Crippen molar-refractivity contribution in [3.05, 3.63) is 22.6 Å². The molecule has 8 nitrogen and oxygen atoms in total. The van der Waals surface area contributed by atoms with Crippen molar-refractivity contribution >= 4 is 41.5 Å². The summed E-state index contributed by atoms with van der Waals surface area (Å²) in [6.07, 6.45) is 0.979. The van der Waals surface area contributed by atoms with Gasteiger partial charge in [-0.25, -0.2) is 9.59 Å². The molecule has 3 aliphatic heterocycles. The Morgan fingerprint density at radius 3 is 2.88 bits per heavy atom. The first kappa shape index (κ1) is 19.1. The molecule has 3 rings (SSSR count). The number of likely N-dealkylation sites (tertiary alicyclic amines) is 1. The number of rotatable bonds is 6. The standard InChI is InChI=1S/C16H20N2O6S2/c1-3-6-24-16(23)17-5-4-9(7-17)25-15-11(14(21)22)18-12(20)10(8(2)19)13(18)26-15/h3,8-10,13,19H,1,4-7H2,2H3,(H,21,22)/t8-,9?,10+,13+/m0/s1. The lowest BCUT2D eigenvalue weighted by Crippen LogP contribution is -2.60. The molecule has 2 fully saturated rings. The van der Waals surface area contributed by atoms with Crippen molar-refractivity contribution in [1.29, 1.82) is 0 Å². The van der Waals surface area contributed by atoms with Gasteiger partial charge in [0.2, 0.25) is 5.91 Å². The van der Waals surface area contributed by atoms with Crippen LogP contribution in [-0.4, -0.2) is 74.4 Å². The maximum atomic E-state index is 12.2. The minimum absolute atomic E-state index is 0.0143. The second-order valence-electron chi connectivity index (χ2n) is 6.26. The second kappa shape index (κ2) is 7.53. The molecule has 0 aliphatic carbocycles. The summed E-state index contributed by atoms with van der Waals surface area (Å²) in [5.74, 6) is -2.09. The number of aliphatic carboxylic acids is 1. The van der Waals surface area contributed by atoms with Gasteiger partial charge in [0.25, 0.3) is 0 Å². The van der Waals surface area contributed by atoms with Crippen LogP contribution in [0.3, 0.4) is 0 Å². The molecule has 3 heterocycles. The van der Waals surface area contributed by atoms with Crippen LogP contribution in [0.5, 0.6) is 0 Å². The number of aliphatic hydroxyl groups is 1. The van der Waals surface area contributed by atoms with Gasteiger partial charge >= 0.3 is 12.1 Å². The van der Waals surface area contributed by atoms with Gasteiger partial charge in [-0.1, -0.05) is 24.4 Å². The highest BCUT2D eigenvalue weighted by Gasteiger charge is 2.58. The smallest absolute Gasteiger partial charge is 0.410 e. The third-order valence-corrected chi connectivity index (χ3v) is 7.33. The SMILES string of the molecule is C=CCOC(=O)N1CCC(SC2=C(C(=O)O)N3C(=O)[C@@H]([C@H](C)O)[C@H]3S2)C1. The third-order valence-electron chi connectivity index (χ3n) is 4.47. The van der Waals surface area contributed by atoms with E-state index in [2.05, 4.69) is 6.58 Å². The van der Waals surface area contributed by atoms with E-state index in [1.54, 1.807) is 4.90 Å². The van der Waals surface area contributed by atoms with Gasteiger partial charge < -0.3 is 19.8 Å². The second-order valence-corrected chi connectivity index (χ2v) is 8.96. The van der Waals surface area contributed by atoms with Crippen LogP contribution in [0.2, 0.25) is 0 Å². The van der Waals surface area contributed by atoms with Crippen molar-refractivity contribution in [2.45, 2.75) is 30.1 Å². The minimum Gasteiger partial charge on any atom is -0.477 e. The van der Waals surface area contributed by atoms with Crippen molar-refractivity contribution < 1.29 is 29.3 Å². The Bertz CT molecular complexity index is 680. The molecular formula is C16H20N2O6S2. The first-order valence-corrected chi connectivity index (χ1v) is 9.95. The van der Waals surface area contributed by atoms with E-state index in [0.29, 0.717) is 23.7 Å². The van der Waals surface area contributed by atoms with Crippen LogP contribution in [0.1, 0.15) is 13.3 Å². The summed E-state index contributed by atoms with van der Waals surface area (Å²) in [6, 6.07) is 0. The zero-order chi connectivity index (χ0) is 19.0. The molecular weight excluding hydrogens is 380 g/mol. The molecule has 2 amide bonds. The fourth-order valence-corrected chi connectivity index (χ4v) is 6.52. The molecule has 0 aromatic heterocycles. The van der Waals surface area contributed by atoms with Gasteiger partial charge in [0, 0.05) is 18.3 Å². The van der Waals surface area contributed by atoms with Crippen molar-refractivity contribution in [2.75, 3.05) is 19.7 Å². The summed E-state index contributed by atoms with van der Waals surface area (Å²) in [7, 11) is 0. The molecule has 1 unspecified atom stereocenters. The summed E-state index contributed by atoms with van der Waals surface area (Å²) in [5, 5.41) is 18.9. The molecule has 142 valence electrons. The van der Waals surface area contributed by atoms with Crippen LogP contribution in [0, 0.1) is 5.92 Å². The molecule has 0 spiro atoms. The zero-order valence-corrected chi connectivity index (χ0v) is 15.8. The average molecular weight is 400 g/mol. The molecule has 0 bridgehead atoms. The lowest BCUT2D eigenvalue weighted by molar-refractivity contribution is -0.156. The predicted octanol–water partition coefficient (Wildman–Crippen LogP) is 1.28. The molecule has 0 saturated carbocycles. The fourth-order valence-electron chi connectivity index (χ4n) is 3.20. The van der Waals surface area contributed by atoms with Crippen molar-refractivity contribution in [1.82, 2.24) is 9.80 Å². The summed E-state index contributed by atoms with van der Waals surface area (Å²) >= 11 is 2.68. The van der Waals surface area contributed by atoms with Crippen molar-refractivity contribution in [2.24, 2.45) is 5.92 Å². The Kier molecular flexibility index (Phi) is 5.54. The van der Waals surface area contributed by atoms with Gasteiger partial charge in [0.15, 0.2) is 5.70 Å². The van der Waals surface area contributed by atoms with E-state index >= 15 is 0 Å². The highest BCUT2D eigenvalue weighted by Crippen LogP contribution is 2.55. The van der Waals surface area contributed by atoms with E-state index in [4.69, 9.17) is 4.74 Å². The predicted molar refractivity (Wildman–Crippen MR) is 97.2 cm³/mol. The Morgan fingerprint density at radius 1 is 1.54 bits per heavy atom. The first-order chi connectivity index (χ1) is 12.3. The monoisotopic (exact) mass is 400 g/mol.